The van der Waals surface area contributed by atoms with Crippen molar-refractivity contribution in [3.05, 3.63) is 23.8 Å². The second-order valence-electron chi connectivity index (χ2n) is 10.5. The Morgan fingerprint density at radius 3 is 2.59 bits per heavy atom. The van der Waals surface area contributed by atoms with Crippen LogP contribution in [0.25, 0.3) is 0 Å². The van der Waals surface area contributed by atoms with Crippen LogP contribution in [0.4, 0.5) is 4.39 Å². The number of Topliss-reactive ketones (excluding diaryl/α,β-unsaturated/α-hetero) is 1. The smallest absolute Gasteiger partial charge is 0.306 e. The highest BCUT2D eigenvalue weighted by atomic mass is 19.1. The fraction of sp³-hybridized carbons (Fsp3) is 0.720. The van der Waals surface area contributed by atoms with Crippen molar-refractivity contribution in [1.82, 2.24) is 0 Å². The largest absolute Gasteiger partial charge is 0.450 e. The Hall–Kier alpha value is -1.86. The van der Waals surface area contributed by atoms with Gasteiger partial charge in [0, 0.05) is 29.1 Å². The third kappa shape index (κ3) is 2.61. The van der Waals surface area contributed by atoms with E-state index in [-0.39, 0.29) is 24.5 Å². The van der Waals surface area contributed by atoms with Crippen LogP contribution < -0.4 is 0 Å². The molecule has 4 aliphatic carbocycles. The van der Waals surface area contributed by atoms with Crippen LogP contribution in [0.3, 0.4) is 0 Å². The van der Waals surface area contributed by atoms with Gasteiger partial charge in [-0.05, 0) is 50.7 Å². The summed E-state index contributed by atoms with van der Waals surface area (Å²) in [6.07, 6.45) is 4.38. The van der Waals surface area contributed by atoms with Gasteiger partial charge in [0.15, 0.2) is 17.1 Å². The molecular weight excluding hydrogens is 415 g/mol. The molecule has 4 aliphatic rings. The first kappa shape index (κ1) is 23.3. The number of hydrogen-bond acceptors (Lipinski definition) is 6. The molecule has 0 unspecified atom stereocenters. The number of ketones is 2. The van der Waals surface area contributed by atoms with Crippen molar-refractivity contribution < 1.29 is 33.7 Å². The third-order valence-corrected chi connectivity index (χ3v) is 9.30. The SMILES string of the molecule is CCC(=O)O[C@]1(C(=O)CO)[C@H](C)C[C@H]2[C@@H]3CCC4=CC(=O)C=C[C@]4(C)[C@@]3(F)[C@@H](O)C[C@]21C. The number of allylic oxidation sites excluding steroid dienone is 4. The van der Waals surface area contributed by atoms with E-state index in [1.54, 1.807) is 33.8 Å². The van der Waals surface area contributed by atoms with Crippen molar-refractivity contribution in [3.63, 3.8) is 0 Å². The predicted octanol–water partition coefficient (Wildman–Crippen LogP) is 2.86. The van der Waals surface area contributed by atoms with Gasteiger partial charge in [-0.3, -0.25) is 14.4 Å². The van der Waals surface area contributed by atoms with Crippen LogP contribution >= 0.6 is 0 Å². The predicted molar refractivity (Wildman–Crippen MR) is 114 cm³/mol. The van der Waals surface area contributed by atoms with Crippen molar-refractivity contribution in [2.75, 3.05) is 6.61 Å². The molecule has 0 heterocycles. The molecule has 0 aromatic rings. The van der Waals surface area contributed by atoms with Gasteiger partial charge in [-0.2, -0.15) is 0 Å². The van der Waals surface area contributed by atoms with Crippen LogP contribution in [0.5, 0.6) is 0 Å². The van der Waals surface area contributed by atoms with Crippen molar-refractivity contribution in [2.45, 2.75) is 77.2 Å². The molecule has 0 bridgehead atoms. The zero-order valence-electron chi connectivity index (χ0n) is 19.2. The number of hydrogen-bond donors (Lipinski definition) is 2. The second-order valence-corrected chi connectivity index (χ2v) is 10.5. The molecule has 0 spiro atoms. The first-order valence-electron chi connectivity index (χ1n) is 11.6. The zero-order chi connectivity index (χ0) is 23.7. The number of rotatable bonds is 4. The van der Waals surface area contributed by atoms with E-state index < -0.39 is 58.4 Å². The number of fused-ring (bicyclic) bond motifs is 5. The topological polar surface area (TPSA) is 101 Å². The van der Waals surface area contributed by atoms with Crippen LogP contribution in [0.1, 0.15) is 59.8 Å². The van der Waals surface area contributed by atoms with Crippen molar-refractivity contribution in [1.29, 1.82) is 0 Å². The summed E-state index contributed by atoms with van der Waals surface area (Å²) in [5.74, 6) is -2.69. The van der Waals surface area contributed by atoms with Gasteiger partial charge in [0.1, 0.15) is 6.61 Å². The van der Waals surface area contributed by atoms with E-state index in [2.05, 4.69) is 0 Å². The lowest BCUT2D eigenvalue weighted by Crippen LogP contribution is -2.70. The summed E-state index contributed by atoms with van der Waals surface area (Å²) in [6, 6.07) is 0. The van der Waals surface area contributed by atoms with Gasteiger partial charge >= 0.3 is 5.97 Å². The fourth-order valence-electron chi connectivity index (χ4n) is 7.77. The molecule has 2 N–H and O–H groups in total. The quantitative estimate of drug-likeness (QED) is 0.642. The van der Waals surface area contributed by atoms with Crippen molar-refractivity contribution in [2.24, 2.45) is 28.6 Å². The summed E-state index contributed by atoms with van der Waals surface area (Å²) in [6.45, 7) is 6.19. The van der Waals surface area contributed by atoms with Gasteiger partial charge in [0.2, 0.25) is 5.78 Å². The average molecular weight is 449 g/mol. The van der Waals surface area contributed by atoms with Crippen LogP contribution in [0.2, 0.25) is 0 Å². The number of aliphatic hydroxyl groups excluding tert-OH is 2. The summed E-state index contributed by atoms with van der Waals surface area (Å²) in [7, 11) is 0. The van der Waals surface area contributed by atoms with Gasteiger partial charge in [-0.25, -0.2) is 4.39 Å². The minimum atomic E-state index is -2.02. The van der Waals surface area contributed by atoms with Crippen LogP contribution in [0.15, 0.2) is 23.8 Å². The lowest BCUT2D eigenvalue weighted by molar-refractivity contribution is -0.228. The van der Waals surface area contributed by atoms with E-state index >= 15 is 4.39 Å². The van der Waals surface area contributed by atoms with E-state index in [9.17, 15) is 24.6 Å². The average Bonchev–Trinajstić information content (AvgIpc) is 2.96. The molecule has 0 radical (unpaired) electrons. The monoisotopic (exact) mass is 448 g/mol. The number of carbonyl (C=O) groups excluding carboxylic acids is 3. The molecule has 8 atom stereocenters. The standard InChI is InChI=1S/C25H33FO6/c1-5-21(31)32-25(20(30)13-27)14(2)10-18-17-7-6-15-11-16(28)8-9-22(15,3)24(17,26)19(29)12-23(18,25)4/h8-9,11,14,17-19,27,29H,5-7,10,12-13H2,1-4H3/t14-,17+,18+,19+,22+,23-,24+,25+/m1/s1. The molecule has 7 heteroatoms. The number of aliphatic hydroxyl groups is 2. The summed E-state index contributed by atoms with van der Waals surface area (Å²) in [5, 5.41) is 21.2. The molecule has 0 saturated heterocycles. The van der Waals surface area contributed by atoms with Gasteiger partial charge in [-0.1, -0.05) is 32.4 Å². The molecule has 3 fully saturated rings. The molecular formula is C25H33FO6. The molecule has 0 aliphatic heterocycles. The number of halogens is 1. The highest BCUT2D eigenvalue weighted by Crippen LogP contribution is 2.71. The minimum Gasteiger partial charge on any atom is -0.450 e. The van der Waals surface area contributed by atoms with Crippen LogP contribution in [0, 0.1) is 28.6 Å². The molecule has 6 nitrogen and oxygen atoms in total. The van der Waals surface area contributed by atoms with Gasteiger partial charge in [-0.15, -0.1) is 0 Å². The van der Waals surface area contributed by atoms with E-state index in [1.165, 1.54) is 12.2 Å². The van der Waals surface area contributed by atoms with E-state index in [0.717, 1.165) is 0 Å². The van der Waals surface area contributed by atoms with Gasteiger partial charge in [0.05, 0.1) is 6.10 Å². The summed E-state index contributed by atoms with van der Waals surface area (Å²) >= 11 is 0. The summed E-state index contributed by atoms with van der Waals surface area (Å²) in [5.41, 5.74) is -5.10. The normalized spacial score (nSPS) is 47.2. The van der Waals surface area contributed by atoms with E-state index in [1.807, 2.05) is 0 Å². The lowest BCUT2D eigenvalue weighted by Gasteiger charge is -2.62. The Bertz CT molecular complexity index is 925. The van der Waals surface area contributed by atoms with E-state index in [0.29, 0.717) is 24.8 Å². The fourth-order valence-corrected chi connectivity index (χ4v) is 7.77. The first-order valence-corrected chi connectivity index (χ1v) is 11.6. The number of carbonyl (C=O) groups is 3. The van der Waals surface area contributed by atoms with Crippen molar-refractivity contribution in [3.8, 4) is 0 Å². The minimum absolute atomic E-state index is 0.0675. The zero-order valence-corrected chi connectivity index (χ0v) is 19.2. The summed E-state index contributed by atoms with van der Waals surface area (Å²) in [4.78, 5) is 37.5. The Morgan fingerprint density at radius 2 is 1.97 bits per heavy atom. The first-order chi connectivity index (χ1) is 14.9. The Labute approximate surface area is 187 Å². The maximum atomic E-state index is 17.2. The van der Waals surface area contributed by atoms with Crippen LogP contribution in [-0.4, -0.2) is 51.7 Å². The second kappa shape index (κ2) is 7.32. The molecule has 4 rings (SSSR count). The molecule has 176 valence electrons. The molecule has 0 amide bonds. The Kier molecular flexibility index (Phi) is 5.33. The number of esters is 1. The molecule has 0 aromatic heterocycles. The Morgan fingerprint density at radius 1 is 1.28 bits per heavy atom. The van der Waals surface area contributed by atoms with Crippen molar-refractivity contribution >= 4 is 17.5 Å². The molecule has 32 heavy (non-hydrogen) atoms. The highest BCUT2D eigenvalue weighted by molar-refractivity contribution is 6.01. The summed E-state index contributed by atoms with van der Waals surface area (Å²) < 4.78 is 23.0. The number of ether oxygens (including phenoxy) is 1. The lowest BCUT2D eigenvalue weighted by atomic mass is 9.44. The van der Waals surface area contributed by atoms with Gasteiger partial charge < -0.3 is 14.9 Å². The van der Waals surface area contributed by atoms with Crippen LogP contribution in [-0.2, 0) is 19.1 Å². The molecule has 0 aromatic carbocycles. The Balaban J connectivity index is 1.85. The maximum absolute atomic E-state index is 17.2. The highest BCUT2D eigenvalue weighted by Gasteiger charge is 2.77. The third-order valence-electron chi connectivity index (χ3n) is 9.30. The molecule has 3 saturated carbocycles. The maximum Gasteiger partial charge on any atom is 0.306 e. The number of alkyl halides is 1. The van der Waals surface area contributed by atoms with Gasteiger partial charge in [0.25, 0.3) is 0 Å². The van der Waals surface area contributed by atoms with E-state index in [4.69, 9.17) is 4.74 Å².